The molecule has 2 aromatic heterocycles. The molecule has 0 saturated heterocycles. The third-order valence-corrected chi connectivity index (χ3v) is 8.50. The van der Waals surface area contributed by atoms with Crippen molar-refractivity contribution < 1.29 is 26.2 Å². The number of pyridine rings is 2. The minimum absolute atomic E-state index is 0. The van der Waals surface area contributed by atoms with Gasteiger partial charge in [-0.1, -0.05) is 93.9 Å². The number of fused-ring (bicyclic) bond motifs is 3. The SMILES string of the molecule is CC(C)c1ccnc(N2c3[c-]c(-c4ccc5c(-c6ccccc6)ccc(O)c5n4)ccc3C(C)(C)c3ccccc32)c1.[Pt]. The molecule has 0 saturated carbocycles. The number of benzene rings is 4. The molecule has 1 aliphatic rings. The molecule has 0 spiro atoms. The quantitative estimate of drug-likeness (QED) is 0.183. The van der Waals surface area contributed by atoms with E-state index in [9.17, 15) is 5.11 Å². The van der Waals surface area contributed by atoms with Gasteiger partial charge in [0, 0.05) is 38.3 Å². The smallest absolute Gasteiger partial charge is 0.140 e. The van der Waals surface area contributed by atoms with Crippen molar-refractivity contribution >= 4 is 28.1 Å². The number of aromatic hydroxyl groups is 1. The molecule has 0 radical (unpaired) electrons. The van der Waals surface area contributed by atoms with Gasteiger partial charge in [0.15, 0.2) is 0 Å². The van der Waals surface area contributed by atoms with Crippen molar-refractivity contribution in [2.45, 2.75) is 39.0 Å². The van der Waals surface area contributed by atoms with Crippen molar-refractivity contribution in [3.8, 4) is 28.1 Å². The zero-order chi connectivity index (χ0) is 29.0. The Morgan fingerprint density at radius 3 is 2.37 bits per heavy atom. The van der Waals surface area contributed by atoms with Gasteiger partial charge in [0.1, 0.15) is 17.1 Å². The van der Waals surface area contributed by atoms with Gasteiger partial charge in [-0.3, -0.25) is 4.98 Å². The van der Waals surface area contributed by atoms with E-state index >= 15 is 0 Å². The molecule has 43 heavy (non-hydrogen) atoms. The molecule has 0 bridgehead atoms. The maximum Gasteiger partial charge on any atom is 0.140 e. The molecule has 7 rings (SSSR count). The van der Waals surface area contributed by atoms with Crippen LogP contribution in [0.3, 0.4) is 0 Å². The fourth-order valence-corrected chi connectivity index (χ4v) is 6.15. The van der Waals surface area contributed by atoms with E-state index in [4.69, 9.17) is 9.97 Å². The second-order valence-electron chi connectivity index (χ2n) is 11.8. The van der Waals surface area contributed by atoms with E-state index < -0.39 is 0 Å². The monoisotopic (exact) mass is 741 g/mol. The van der Waals surface area contributed by atoms with Crippen LogP contribution in [-0.2, 0) is 26.5 Å². The van der Waals surface area contributed by atoms with Crippen LogP contribution < -0.4 is 4.90 Å². The van der Waals surface area contributed by atoms with Crippen molar-refractivity contribution in [1.29, 1.82) is 0 Å². The van der Waals surface area contributed by atoms with Crippen molar-refractivity contribution in [3.63, 3.8) is 0 Å². The number of nitrogens with zero attached hydrogens (tertiary/aromatic N) is 3. The van der Waals surface area contributed by atoms with Crippen LogP contribution in [0.15, 0.2) is 109 Å². The van der Waals surface area contributed by atoms with Crippen LogP contribution >= 0.6 is 0 Å². The van der Waals surface area contributed by atoms with Crippen molar-refractivity contribution in [2.75, 3.05) is 4.90 Å². The average molecular weight is 742 g/mol. The van der Waals surface area contributed by atoms with Crippen LogP contribution in [-0.4, -0.2) is 15.1 Å². The standard InChI is InChI=1S/C38H32N3O.Pt/c1-24(2)26-20-21-39-36(23-26)41-33-13-9-8-12-30(33)38(3,4)31-17-14-27(22-34(31)41)32-18-15-29-28(25-10-6-5-7-11-25)16-19-35(42)37(29)40-32;/h5-21,23-24,42H,1-4H3;/q-1;. The normalized spacial score (nSPS) is 13.4. The maximum absolute atomic E-state index is 10.9. The van der Waals surface area contributed by atoms with Gasteiger partial charge in [0.25, 0.3) is 0 Å². The van der Waals surface area contributed by atoms with Crippen molar-refractivity contribution in [3.05, 3.63) is 132 Å². The minimum atomic E-state index is -0.229. The molecule has 0 aliphatic carbocycles. The summed E-state index contributed by atoms with van der Waals surface area (Å²) in [6.45, 7) is 8.94. The first-order chi connectivity index (χ1) is 20.3. The average Bonchev–Trinajstić information content (AvgIpc) is 3.02. The topological polar surface area (TPSA) is 49.2 Å². The molecule has 4 nitrogen and oxygen atoms in total. The number of rotatable bonds is 4. The fraction of sp³-hybridized carbons (Fsp3) is 0.158. The molecule has 1 N–H and O–H groups in total. The molecule has 3 heterocycles. The maximum atomic E-state index is 10.9. The summed E-state index contributed by atoms with van der Waals surface area (Å²) in [5.41, 5.74) is 9.83. The Morgan fingerprint density at radius 2 is 1.58 bits per heavy atom. The first-order valence-electron chi connectivity index (χ1n) is 14.4. The molecular formula is C38H32N3OPt-. The Morgan fingerprint density at radius 1 is 0.814 bits per heavy atom. The Hall–Kier alpha value is -4.27. The number of phenols is 1. The van der Waals surface area contributed by atoms with E-state index in [1.54, 1.807) is 6.07 Å². The molecule has 0 fully saturated rings. The summed E-state index contributed by atoms with van der Waals surface area (Å²) in [5, 5.41) is 11.8. The Labute approximate surface area is 267 Å². The zero-order valence-electron chi connectivity index (χ0n) is 24.6. The number of anilines is 3. The third kappa shape index (κ3) is 4.84. The molecule has 0 atom stereocenters. The van der Waals surface area contributed by atoms with Crippen LogP contribution in [0.1, 0.15) is 50.3 Å². The summed E-state index contributed by atoms with van der Waals surface area (Å²) in [4.78, 5) is 12.1. The van der Waals surface area contributed by atoms with E-state index in [-0.39, 0.29) is 32.2 Å². The number of para-hydroxylation sites is 1. The van der Waals surface area contributed by atoms with Crippen molar-refractivity contribution in [1.82, 2.24) is 9.97 Å². The first-order valence-corrected chi connectivity index (χ1v) is 14.4. The Bertz CT molecular complexity index is 1970. The fourth-order valence-electron chi connectivity index (χ4n) is 6.15. The summed E-state index contributed by atoms with van der Waals surface area (Å²) in [6.07, 6.45) is 1.90. The van der Waals surface area contributed by atoms with E-state index in [2.05, 4.69) is 105 Å². The van der Waals surface area contributed by atoms with Crippen LogP contribution in [0, 0.1) is 6.07 Å². The van der Waals surface area contributed by atoms with Crippen LogP contribution in [0.2, 0.25) is 0 Å². The number of hydrogen-bond acceptors (Lipinski definition) is 4. The van der Waals surface area contributed by atoms with Gasteiger partial charge in [0.2, 0.25) is 0 Å². The van der Waals surface area contributed by atoms with E-state index in [1.807, 2.05) is 36.5 Å². The van der Waals surface area contributed by atoms with Gasteiger partial charge in [-0.15, -0.1) is 23.8 Å². The Balaban J connectivity index is 0.00000329. The van der Waals surface area contributed by atoms with Gasteiger partial charge < -0.3 is 10.0 Å². The summed E-state index contributed by atoms with van der Waals surface area (Å²) in [7, 11) is 0. The van der Waals surface area contributed by atoms with E-state index in [1.165, 1.54) is 16.7 Å². The van der Waals surface area contributed by atoms with E-state index in [0.717, 1.165) is 45.0 Å². The molecule has 0 unspecified atom stereocenters. The van der Waals surface area contributed by atoms with Gasteiger partial charge in [-0.2, -0.15) is 0 Å². The predicted octanol–water partition coefficient (Wildman–Crippen LogP) is 9.70. The molecular weight excluding hydrogens is 710 g/mol. The second-order valence-corrected chi connectivity index (χ2v) is 11.8. The van der Waals surface area contributed by atoms with Crippen molar-refractivity contribution in [2.24, 2.45) is 0 Å². The third-order valence-electron chi connectivity index (χ3n) is 8.50. The number of aromatic nitrogens is 2. The zero-order valence-corrected chi connectivity index (χ0v) is 26.8. The van der Waals surface area contributed by atoms with Gasteiger partial charge in [-0.05, 0) is 75.3 Å². The number of phenolic OH excluding ortho intramolecular Hbond substituents is 1. The molecule has 5 heteroatoms. The molecule has 4 aromatic carbocycles. The van der Waals surface area contributed by atoms with Crippen LogP contribution in [0.25, 0.3) is 33.3 Å². The van der Waals surface area contributed by atoms with E-state index in [0.29, 0.717) is 11.4 Å². The second kappa shape index (κ2) is 11.1. The van der Waals surface area contributed by atoms with Crippen LogP contribution in [0.5, 0.6) is 5.75 Å². The first kappa shape index (κ1) is 28.8. The molecule has 6 aromatic rings. The predicted molar refractivity (Wildman–Crippen MR) is 172 cm³/mol. The summed E-state index contributed by atoms with van der Waals surface area (Å²) < 4.78 is 0. The summed E-state index contributed by atoms with van der Waals surface area (Å²) in [5.74, 6) is 1.42. The largest absolute Gasteiger partial charge is 0.506 e. The van der Waals surface area contributed by atoms with Gasteiger partial charge in [-0.25, -0.2) is 4.98 Å². The summed E-state index contributed by atoms with van der Waals surface area (Å²) in [6, 6.07) is 38.8. The van der Waals surface area contributed by atoms with Gasteiger partial charge in [0.05, 0.1) is 0 Å². The number of hydrogen-bond donors (Lipinski definition) is 1. The molecule has 216 valence electrons. The Kier molecular flexibility index (Phi) is 7.44. The minimum Gasteiger partial charge on any atom is -0.506 e. The molecule has 1 aliphatic heterocycles. The summed E-state index contributed by atoms with van der Waals surface area (Å²) >= 11 is 0. The van der Waals surface area contributed by atoms with Gasteiger partial charge >= 0.3 is 0 Å². The van der Waals surface area contributed by atoms with Crippen LogP contribution in [0.4, 0.5) is 17.2 Å². The molecule has 0 amide bonds.